The number of nitrogens with one attached hydrogen (secondary N) is 3. The summed E-state index contributed by atoms with van der Waals surface area (Å²) in [6.07, 6.45) is 0. The number of nitrogens with zero attached hydrogens (tertiary/aromatic N) is 4. The molecule has 0 aliphatic heterocycles. The molecule has 0 aliphatic rings. The summed E-state index contributed by atoms with van der Waals surface area (Å²) in [4.78, 5) is 39.2. The lowest BCUT2D eigenvalue weighted by Crippen LogP contribution is -2.18. The van der Waals surface area contributed by atoms with E-state index < -0.39 is 11.5 Å². The topological polar surface area (TPSA) is 134 Å². The zero-order valence-electron chi connectivity index (χ0n) is 14.5. The highest BCUT2D eigenvalue weighted by Gasteiger charge is 2.15. The molecule has 0 atom stereocenters. The van der Waals surface area contributed by atoms with E-state index in [1.165, 1.54) is 30.4 Å². The largest absolute Gasteiger partial charge is 0.326 e. The number of benzene rings is 1. The first kappa shape index (κ1) is 17.5. The lowest BCUT2D eigenvalue weighted by molar-refractivity contribution is -0.114. The van der Waals surface area contributed by atoms with E-state index >= 15 is 0 Å². The summed E-state index contributed by atoms with van der Waals surface area (Å²) in [5.74, 6) is -0.545. The van der Waals surface area contributed by atoms with Crippen molar-refractivity contribution in [2.24, 2.45) is 0 Å². The van der Waals surface area contributed by atoms with Gasteiger partial charge in [-0.25, -0.2) is 9.61 Å². The van der Waals surface area contributed by atoms with Gasteiger partial charge in [0.25, 0.3) is 17.4 Å². The van der Waals surface area contributed by atoms with E-state index in [1.54, 1.807) is 16.6 Å². The number of thiazole rings is 1. The number of amides is 2. The van der Waals surface area contributed by atoms with Crippen LogP contribution in [-0.2, 0) is 4.79 Å². The Kier molecular flexibility index (Phi) is 4.41. The van der Waals surface area contributed by atoms with Crippen LogP contribution < -0.4 is 16.2 Å². The first-order valence-electron chi connectivity index (χ1n) is 8.09. The number of carbonyl (C=O) groups excluding carboxylic acids is 2. The molecule has 0 unspecified atom stereocenters. The molecule has 0 saturated heterocycles. The fourth-order valence-electron chi connectivity index (χ4n) is 2.50. The van der Waals surface area contributed by atoms with E-state index in [1.807, 2.05) is 17.5 Å². The summed E-state index contributed by atoms with van der Waals surface area (Å²) in [5.41, 5.74) is 2.02. The number of H-pyrrole nitrogens is 1. The van der Waals surface area contributed by atoms with E-state index in [0.717, 1.165) is 11.3 Å². The second-order valence-electron chi connectivity index (χ2n) is 5.77. The Hall–Kier alpha value is -3.86. The van der Waals surface area contributed by atoms with Gasteiger partial charge in [0.2, 0.25) is 10.9 Å². The van der Waals surface area contributed by atoms with Crippen LogP contribution in [0.3, 0.4) is 0 Å². The number of hydrogen-bond acceptors (Lipinski definition) is 7. The average molecular weight is 395 g/mol. The minimum absolute atomic E-state index is 0.0477. The molecule has 0 bridgehead atoms. The zero-order valence-corrected chi connectivity index (χ0v) is 15.3. The molecule has 0 spiro atoms. The van der Waals surface area contributed by atoms with Crippen LogP contribution in [-0.4, -0.2) is 36.6 Å². The van der Waals surface area contributed by atoms with Crippen LogP contribution in [0.15, 0.2) is 46.6 Å². The molecule has 4 aromatic rings. The Morgan fingerprint density at radius 2 is 1.89 bits per heavy atom. The Labute approximate surface area is 161 Å². The predicted molar refractivity (Wildman–Crippen MR) is 103 cm³/mol. The first-order chi connectivity index (χ1) is 13.5. The third kappa shape index (κ3) is 3.50. The molecule has 3 heterocycles. The smallest absolute Gasteiger partial charge is 0.278 e. The van der Waals surface area contributed by atoms with Crippen LogP contribution in [0.5, 0.6) is 0 Å². The molecule has 0 radical (unpaired) electrons. The molecular weight excluding hydrogens is 382 g/mol. The van der Waals surface area contributed by atoms with Gasteiger partial charge in [-0.15, -0.1) is 16.4 Å². The molecule has 0 fully saturated rings. The van der Waals surface area contributed by atoms with Crippen LogP contribution in [0.1, 0.15) is 17.4 Å². The molecule has 140 valence electrons. The van der Waals surface area contributed by atoms with E-state index in [9.17, 15) is 14.4 Å². The van der Waals surface area contributed by atoms with E-state index in [4.69, 9.17) is 0 Å². The molecule has 1 aromatic carbocycles. The maximum Gasteiger partial charge on any atom is 0.278 e. The van der Waals surface area contributed by atoms with Gasteiger partial charge in [0.05, 0.1) is 5.69 Å². The fraction of sp³-hybridized carbons (Fsp3) is 0.0588. The summed E-state index contributed by atoms with van der Waals surface area (Å²) >= 11 is 1.37. The molecule has 3 N–H and O–H groups in total. The SMILES string of the molecule is CC(=O)Nc1ccc(-c2csc3nc(NC(=O)c4ccc(=O)[nH]n4)nn23)cc1. The Morgan fingerprint density at radius 1 is 1.11 bits per heavy atom. The van der Waals surface area contributed by atoms with Gasteiger partial charge in [-0.3, -0.25) is 19.7 Å². The molecule has 0 saturated carbocycles. The van der Waals surface area contributed by atoms with Crippen molar-refractivity contribution in [2.45, 2.75) is 6.92 Å². The second kappa shape index (κ2) is 7.04. The van der Waals surface area contributed by atoms with Crippen molar-refractivity contribution in [1.29, 1.82) is 0 Å². The standard InChI is InChI=1S/C17H13N7O3S/c1-9(25)18-11-4-2-10(3-5-11)13-8-28-17-20-16(23-24(13)17)19-15(27)12-6-7-14(26)22-21-12/h2-8H,1H3,(H,18,25)(H,22,26)(H,19,23,27). The molecule has 2 amide bonds. The third-order valence-corrected chi connectivity index (χ3v) is 4.54. The Morgan fingerprint density at radius 3 is 2.57 bits per heavy atom. The Bertz CT molecular complexity index is 1220. The van der Waals surface area contributed by atoms with Crippen molar-refractivity contribution >= 4 is 39.7 Å². The van der Waals surface area contributed by atoms with Gasteiger partial charge in [0.1, 0.15) is 5.69 Å². The maximum atomic E-state index is 12.2. The number of rotatable bonds is 4. The van der Waals surface area contributed by atoms with E-state index in [-0.39, 0.29) is 17.5 Å². The number of hydrogen-bond donors (Lipinski definition) is 3. The highest BCUT2D eigenvalue weighted by Crippen LogP contribution is 2.27. The van der Waals surface area contributed by atoms with Crippen molar-refractivity contribution in [2.75, 3.05) is 10.6 Å². The molecule has 11 heteroatoms. The van der Waals surface area contributed by atoms with Crippen molar-refractivity contribution in [3.8, 4) is 11.3 Å². The molecule has 3 aromatic heterocycles. The van der Waals surface area contributed by atoms with Crippen molar-refractivity contribution in [1.82, 2.24) is 24.8 Å². The minimum atomic E-state index is -0.532. The van der Waals surface area contributed by atoms with Crippen molar-refractivity contribution in [3.05, 3.63) is 57.8 Å². The summed E-state index contributed by atoms with van der Waals surface area (Å²) in [6.45, 7) is 1.45. The number of anilines is 2. The molecule has 0 aliphatic carbocycles. The predicted octanol–water partition coefficient (Wildman–Crippen LogP) is 1.75. The number of aromatic amines is 1. The summed E-state index contributed by atoms with van der Waals surface area (Å²) < 4.78 is 1.62. The molecule has 4 rings (SSSR count). The van der Waals surface area contributed by atoms with Gasteiger partial charge >= 0.3 is 0 Å². The highest BCUT2D eigenvalue weighted by molar-refractivity contribution is 7.15. The van der Waals surface area contributed by atoms with Gasteiger partial charge in [0.15, 0.2) is 0 Å². The average Bonchev–Trinajstić information content (AvgIpc) is 3.22. The number of fused-ring (bicyclic) bond motifs is 1. The third-order valence-electron chi connectivity index (χ3n) is 3.72. The van der Waals surface area contributed by atoms with E-state index in [0.29, 0.717) is 10.6 Å². The summed E-state index contributed by atoms with van der Waals surface area (Å²) in [6, 6.07) is 9.83. The monoisotopic (exact) mass is 395 g/mol. The van der Waals surface area contributed by atoms with Crippen LogP contribution in [0.25, 0.3) is 16.2 Å². The second-order valence-corrected chi connectivity index (χ2v) is 6.61. The zero-order chi connectivity index (χ0) is 19.7. The van der Waals surface area contributed by atoms with Gasteiger partial charge in [0, 0.05) is 29.6 Å². The van der Waals surface area contributed by atoms with Crippen molar-refractivity contribution in [3.63, 3.8) is 0 Å². The number of aromatic nitrogens is 5. The van der Waals surface area contributed by atoms with Crippen LogP contribution >= 0.6 is 11.3 Å². The summed E-state index contributed by atoms with van der Waals surface area (Å²) in [7, 11) is 0. The quantitative estimate of drug-likeness (QED) is 0.482. The van der Waals surface area contributed by atoms with Crippen molar-refractivity contribution < 1.29 is 9.59 Å². The molecule has 28 heavy (non-hydrogen) atoms. The molecular formula is C17H13N7O3S. The Balaban J connectivity index is 1.58. The lowest BCUT2D eigenvalue weighted by Gasteiger charge is -2.03. The minimum Gasteiger partial charge on any atom is -0.326 e. The highest BCUT2D eigenvalue weighted by atomic mass is 32.1. The number of carbonyl (C=O) groups is 2. The molecule has 10 nitrogen and oxygen atoms in total. The van der Waals surface area contributed by atoms with Crippen LogP contribution in [0, 0.1) is 0 Å². The normalized spacial score (nSPS) is 10.8. The van der Waals surface area contributed by atoms with Gasteiger partial charge in [-0.05, 0) is 18.2 Å². The first-order valence-corrected chi connectivity index (χ1v) is 8.97. The van der Waals surface area contributed by atoms with Gasteiger partial charge in [-0.2, -0.15) is 10.1 Å². The van der Waals surface area contributed by atoms with E-state index in [2.05, 4.69) is 30.9 Å². The van der Waals surface area contributed by atoms with Crippen LogP contribution in [0.4, 0.5) is 11.6 Å². The lowest BCUT2D eigenvalue weighted by atomic mass is 10.1. The van der Waals surface area contributed by atoms with Gasteiger partial charge < -0.3 is 5.32 Å². The fourth-order valence-corrected chi connectivity index (χ4v) is 3.33. The maximum absolute atomic E-state index is 12.2. The summed E-state index contributed by atoms with van der Waals surface area (Å²) in [5, 5.41) is 17.4. The van der Waals surface area contributed by atoms with Gasteiger partial charge in [-0.1, -0.05) is 12.1 Å². The van der Waals surface area contributed by atoms with Crippen LogP contribution in [0.2, 0.25) is 0 Å².